The first-order chi connectivity index (χ1) is 16.3. The number of ether oxygens (including phenoxy) is 1. The Balaban J connectivity index is 1.77. The number of hydrogen-bond acceptors (Lipinski definition) is 8. The third-order valence-corrected chi connectivity index (χ3v) is 6.04. The number of benzene rings is 3. The van der Waals surface area contributed by atoms with E-state index in [2.05, 4.69) is 20.6 Å². The lowest BCUT2D eigenvalue weighted by Crippen LogP contribution is -2.14. The van der Waals surface area contributed by atoms with Gasteiger partial charge in [0.1, 0.15) is 5.75 Å². The summed E-state index contributed by atoms with van der Waals surface area (Å²) in [4.78, 5) is 1.23. The highest BCUT2D eigenvalue weighted by Crippen LogP contribution is 2.35. The molecular weight excluding hydrogens is 458 g/mol. The van der Waals surface area contributed by atoms with Crippen molar-refractivity contribution in [2.45, 2.75) is 11.4 Å². The summed E-state index contributed by atoms with van der Waals surface area (Å²) in [5.74, 6) is 0.780. The predicted octanol–water partition coefficient (Wildman–Crippen LogP) is 1.81. The van der Waals surface area contributed by atoms with E-state index in [1.54, 1.807) is 43.5 Å². The fourth-order valence-electron chi connectivity index (χ4n) is 3.42. The van der Waals surface area contributed by atoms with E-state index in [0.717, 1.165) is 11.3 Å². The van der Waals surface area contributed by atoms with Crippen molar-refractivity contribution in [3.63, 3.8) is 0 Å². The van der Waals surface area contributed by atoms with Gasteiger partial charge < -0.3 is 15.7 Å². The lowest BCUT2D eigenvalue weighted by atomic mass is 9.98. The first kappa shape index (κ1) is 22.9. The van der Waals surface area contributed by atoms with E-state index >= 15 is 0 Å². The molecule has 0 atom stereocenters. The minimum atomic E-state index is -4.10. The van der Waals surface area contributed by atoms with Gasteiger partial charge in [-0.1, -0.05) is 53.7 Å². The minimum Gasteiger partial charge on any atom is -0.497 e. The number of aromatic nitrogens is 4. The molecule has 34 heavy (non-hydrogen) atoms. The number of methoxy groups -OCH3 is 1. The molecule has 0 radical (unpaired) electrons. The average molecular weight is 480 g/mol. The van der Waals surface area contributed by atoms with E-state index in [0.29, 0.717) is 23.2 Å². The highest BCUT2D eigenvalue weighted by molar-refractivity contribution is 7.89. The Labute approximate surface area is 195 Å². The Kier molecular flexibility index (Phi) is 6.25. The summed E-state index contributed by atoms with van der Waals surface area (Å²) in [6.07, 6.45) is 0. The normalized spacial score (nSPS) is 12.0. The highest BCUT2D eigenvalue weighted by Gasteiger charge is 2.23. The average Bonchev–Trinajstić information content (AvgIpc) is 3.31. The van der Waals surface area contributed by atoms with E-state index in [-0.39, 0.29) is 22.1 Å². The number of oxime groups is 1. The van der Waals surface area contributed by atoms with Gasteiger partial charge in [-0.15, -0.1) is 10.2 Å². The maximum atomic E-state index is 12.4. The number of nitrogens with two attached hydrogens (primary N) is 2. The SMILES string of the molecule is COc1ccc(Cn2nnc(-c3c(-c4ccc(/C(N)=N/O)cc4)cccc3S(N)(=O)=O)n2)cc1. The Morgan fingerprint density at radius 3 is 2.41 bits per heavy atom. The monoisotopic (exact) mass is 479 g/mol. The van der Waals surface area contributed by atoms with Crippen LogP contribution in [0.1, 0.15) is 11.1 Å². The van der Waals surface area contributed by atoms with Gasteiger partial charge in [0, 0.05) is 5.56 Å². The van der Waals surface area contributed by atoms with Crippen LogP contribution in [0, 0.1) is 0 Å². The zero-order chi connectivity index (χ0) is 24.3. The van der Waals surface area contributed by atoms with Gasteiger partial charge in [-0.05, 0) is 40.1 Å². The van der Waals surface area contributed by atoms with Gasteiger partial charge in [0.25, 0.3) is 0 Å². The quantitative estimate of drug-likeness (QED) is 0.156. The van der Waals surface area contributed by atoms with E-state index in [1.807, 2.05) is 24.3 Å². The van der Waals surface area contributed by atoms with Crippen LogP contribution < -0.4 is 15.6 Å². The molecule has 1 aromatic heterocycles. The summed E-state index contributed by atoms with van der Waals surface area (Å²) in [5, 5.41) is 30.0. The van der Waals surface area contributed by atoms with Gasteiger partial charge in [-0.25, -0.2) is 13.6 Å². The molecule has 0 aliphatic carbocycles. The van der Waals surface area contributed by atoms with Crippen molar-refractivity contribution in [3.05, 3.63) is 77.9 Å². The van der Waals surface area contributed by atoms with E-state index in [9.17, 15) is 8.42 Å². The number of hydrogen-bond donors (Lipinski definition) is 3. The van der Waals surface area contributed by atoms with Crippen molar-refractivity contribution < 1.29 is 18.4 Å². The van der Waals surface area contributed by atoms with Crippen molar-refractivity contribution in [2.24, 2.45) is 16.0 Å². The molecule has 5 N–H and O–H groups in total. The summed E-state index contributed by atoms with van der Waals surface area (Å²) in [5.41, 5.74) is 8.45. The largest absolute Gasteiger partial charge is 0.497 e. The third kappa shape index (κ3) is 4.72. The Morgan fingerprint density at radius 2 is 1.79 bits per heavy atom. The van der Waals surface area contributed by atoms with E-state index in [1.165, 1.54) is 10.9 Å². The van der Waals surface area contributed by atoms with Gasteiger partial charge in [0.05, 0.1) is 24.1 Å². The van der Waals surface area contributed by atoms with Crippen molar-refractivity contribution in [1.29, 1.82) is 0 Å². The van der Waals surface area contributed by atoms with Gasteiger partial charge in [0.2, 0.25) is 15.8 Å². The first-order valence-corrected chi connectivity index (χ1v) is 11.5. The molecule has 12 heteroatoms. The number of sulfonamides is 1. The number of rotatable bonds is 7. The van der Waals surface area contributed by atoms with Gasteiger partial charge >= 0.3 is 0 Å². The summed E-state index contributed by atoms with van der Waals surface area (Å²) in [6.45, 7) is 0.318. The molecule has 0 aliphatic heterocycles. The highest BCUT2D eigenvalue weighted by atomic mass is 32.2. The predicted molar refractivity (Wildman–Crippen MR) is 125 cm³/mol. The Hall–Kier alpha value is -4.29. The van der Waals surface area contributed by atoms with Crippen LogP contribution >= 0.6 is 0 Å². The fraction of sp³-hybridized carbons (Fsp3) is 0.0909. The standard InChI is InChI=1S/C22H21N7O4S/c1-33-17-11-5-14(6-12-17)13-29-26-22(25-28-29)20-18(3-2-4-19(20)34(24,31)32)15-7-9-16(10-8-15)21(23)27-30/h2-12,30H,13H2,1H3,(H2,23,27)(H2,24,31,32). The topological polar surface area (TPSA) is 172 Å². The lowest BCUT2D eigenvalue weighted by Gasteiger charge is -2.12. The van der Waals surface area contributed by atoms with Crippen molar-refractivity contribution in [3.8, 4) is 28.3 Å². The molecule has 0 unspecified atom stereocenters. The molecule has 4 rings (SSSR count). The van der Waals surface area contributed by atoms with Crippen LogP contribution in [0.2, 0.25) is 0 Å². The van der Waals surface area contributed by atoms with Crippen molar-refractivity contribution in [1.82, 2.24) is 20.2 Å². The molecule has 0 amide bonds. The Morgan fingerprint density at radius 1 is 1.09 bits per heavy atom. The van der Waals surface area contributed by atoms with Crippen LogP contribution in [0.15, 0.2) is 76.8 Å². The number of tetrazole rings is 1. The molecular formula is C22H21N7O4S. The molecule has 0 bridgehead atoms. The van der Waals surface area contributed by atoms with Crippen molar-refractivity contribution in [2.75, 3.05) is 7.11 Å². The summed E-state index contributed by atoms with van der Waals surface area (Å²) in [6, 6.07) is 18.8. The van der Waals surface area contributed by atoms with Crippen LogP contribution in [0.25, 0.3) is 22.5 Å². The maximum absolute atomic E-state index is 12.4. The molecule has 0 saturated carbocycles. The summed E-state index contributed by atoms with van der Waals surface area (Å²) >= 11 is 0. The maximum Gasteiger partial charge on any atom is 0.238 e. The lowest BCUT2D eigenvalue weighted by molar-refractivity contribution is 0.318. The van der Waals surface area contributed by atoms with Gasteiger partial charge in [0.15, 0.2) is 5.84 Å². The second kappa shape index (κ2) is 9.29. The van der Waals surface area contributed by atoms with Gasteiger partial charge in [-0.2, -0.15) is 4.80 Å². The molecule has 0 spiro atoms. The molecule has 0 saturated heterocycles. The van der Waals surface area contributed by atoms with Crippen LogP contribution in [0.3, 0.4) is 0 Å². The zero-order valence-electron chi connectivity index (χ0n) is 18.0. The Bertz CT molecular complexity index is 1450. The molecule has 4 aromatic rings. The first-order valence-electron chi connectivity index (χ1n) is 9.95. The molecule has 1 heterocycles. The minimum absolute atomic E-state index is 0.0480. The van der Waals surface area contributed by atoms with E-state index < -0.39 is 10.0 Å². The van der Waals surface area contributed by atoms with E-state index in [4.69, 9.17) is 20.8 Å². The molecule has 3 aromatic carbocycles. The second-order valence-corrected chi connectivity index (χ2v) is 8.81. The number of nitrogens with zero attached hydrogens (tertiary/aromatic N) is 5. The molecule has 0 aliphatic rings. The number of primary sulfonamides is 1. The van der Waals surface area contributed by atoms with Crippen LogP contribution in [-0.2, 0) is 16.6 Å². The third-order valence-electron chi connectivity index (χ3n) is 5.09. The summed E-state index contributed by atoms with van der Waals surface area (Å²) in [7, 11) is -2.51. The van der Waals surface area contributed by atoms with Gasteiger partial charge in [-0.3, -0.25) is 0 Å². The fourth-order valence-corrected chi connectivity index (χ4v) is 4.18. The smallest absolute Gasteiger partial charge is 0.238 e. The molecule has 0 fully saturated rings. The van der Waals surface area contributed by atoms with Crippen LogP contribution in [0.4, 0.5) is 0 Å². The molecule has 11 nitrogen and oxygen atoms in total. The summed E-state index contributed by atoms with van der Waals surface area (Å²) < 4.78 is 29.9. The van der Waals surface area contributed by atoms with Crippen LogP contribution in [0.5, 0.6) is 5.75 Å². The second-order valence-electron chi connectivity index (χ2n) is 7.28. The molecule has 174 valence electrons. The zero-order valence-corrected chi connectivity index (χ0v) is 18.8. The van der Waals surface area contributed by atoms with Crippen molar-refractivity contribution >= 4 is 15.9 Å². The number of amidine groups is 1. The van der Waals surface area contributed by atoms with Crippen LogP contribution in [-0.4, -0.2) is 46.8 Å².